The molecule has 0 bridgehead atoms. The van der Waals surface area contributed by atoms with Gasteiger partial charge in [0.15, 0.2) is 0 Å². The molecule has 2 rings (SSSR count). The van der Waals surface area contributed by atoms with Crippen LogP contribution in [0, 0.1) is 6.92 Å². The maximum atomic E-state index is 11.7. The van der Waals surface area contributed by atoms with Crippen LogP contribution < -0.4 is 0 Å². The lowest BCUT2D eigenvalue weighted by atomic mass is 10.2. The first-order valence-corrected chi connectivity index (χ1v) is 6.52. The Morgan fingerprint density at radius 2 is 2.18 bits per heavy atom. The number of hydrogen-bond donors (Lipinski definition) is 0. The van der Waals surface area contributed by atoms with Crippen molar-refractivity contribution in [2.45, 2.75) is 19.9 Å². The summed E-state index contributed by atoms with van der Waals surface area (Å²) in [5.74, 6) is 0.418. The summed E-state index contributed by atoms with van der Waals surface area (Å²) in [6.07, 6.45) is 0.396. The number of hydrogen-bond acceptors (Lipinski definition) is 4. The fourth-order valence-corrected chi connectivity index (χ4v) is 2.71. The molecule has 1 aromatic rings. The number of carbonyl (C=O) groups excluding carboxylic acids is 2. The summed E-state index contributed by atoms with van der Waals surface area (Å²) < 4.78 is 1.54. The van der Waals surface area contributed by atoms with Crippen LogP contribution in [0.5, 0.6) is 0 Å². The zero-order chi connectivity index (χ0) is 12.6. The van der Waals surface area contributed by atoms with E-state index in [9.17, 15) is 9.59 Å². The minimum Gasteiger partial charge on any atom is -0.274 e. The van der Waals surface area contributed by atoms with Gasteiger partial charge in [-0.25, -0.2) is 0 Å². The van der Waals surface area contributed by atoms with Gasteiger partial charge in [-0.3, -0.25) is 19.2 Å². The fraction of sp³-hybridized carbons (Fsp3) is 0.500. The molecular weight excluding hydrogens is 262 g/mol. The summed E-state index contributed by atoms with van der Waals surface area (Å²) in [7, 11) is 1.73. The number of thioether (sulfide) groups is 1. The van der Waals surface area contributed by atoms with Crippen LogP contribution >= 0.6 is 23.4 Å². The van der Waals surface area contributed by atoms with E-state index in [0.717, 1.165) is 23.0 Å². The number of amides is 2. The number of nitrogens with zero attached hydrogens (tertiary/aromatic N) is 3. The second-order valence-electron chi connectivity index (χ2n) is 3.82. The van der Waals surface area contributed by atoms with Crippen LogP contribution in [0.1, 0.15) is 17.7 Å². The summed E-state index contributed by atoms with van der Waals surface area (Å²) in [4.78, 5) is 24.5. The molecule has 0 spiro atoms. The van der Waals surface area contributed by atoms with Crippen molar-refractivity contribution >= 4 is 34.5 Å². The maximum absolute atomic E-state index is 11.7. The van der Waals surface area contributed by atoms with Crippen molar-refractivity contribution in [3.8, 4) is 0 Å². The molecule has 0 saturated carbocycles. The largest absolute Gasteiger partial charge is 0.288 e. The Morgan fingerprint density at radius 3 is 2.71 bits per heavy atom. The van der Waals surface area contributed by atoms with Gasteiger partial charge in [0.05, 0.1) is 12.2 Å². The number of carbonyl (C=O) groups is 2. The number of halogens is 1. The second-order valence-corrected chi connectivity index (χ2v) is 5.23. The van der Waals surface area contributed by atoms with Crippen LogP contribution in [0.4, 0.5) is 4.79 Å². The lowest BCUT2D eigenvalue weighted by Gasteiger charge is -2.23. The van der Waals surface area contributed by atoms with E-state index in [1.165, 1.54) is 9.58 Å². The first-order chi connectivity index (χ1) is 8.00. The first kappa shape index (κ1) is 12.4. The fourth-order valence-electron chi connectivity index (χ4n) is 1.70. The Balaban J connectivity index is 2.25. The molecule has 0 unspecified atom stereocenters. The van der Waals surface area contributed by atoms with Crippen molar-refractivity contribution in [1.82, 2.24) is 14.7 Å². The van der Waals surface area contributed by atoms with E-state index in [1.54, 1.807) is 7.05 Å². The summed E-state index contributed by atoms with van der Waals surface area (Å²) in [6, 6.07) is 0. The molecule has 5 nitrogen and oxygen atoms in total. The molecule has 0 atom stereocenters. The van der Waals surface area contributed by atoms with Crippen LogP contribution in [0.25, 0.3) is 0 Å². The summed E-state index contributed by atoms with van der Waals surface area (Å²) >= 11 is 7.24. The summed E-state index contributed by atoms with van der Waals surface area (Å²) in [5, 5.41) is 4.42. The molecule has 1 saturated heterocycles. The van der Waals surface area contributed by atoms with Crippen LogP contribution in [0.2, 0.25) is 5.15 Å². The number of aryl methyl sites for hydroxylation is 2. The Bertz CT molecular complexity index is 470. The average molecular weight is 274 g/mol. The highest BCUT2D eigenvalue weighted by atomic mass is 35.5. The Kier molecular flexibility index (Phi) is 3.44. The smallest absolute Gasteiger partial charge is 0.274 e. The minimum absolute atomic E-state index is 0.145. The molecular formula is C10H12ClN3O2S. The van der Waals surface area contributed by atoms with Crippen LogP contribution in [0.15, 0.2) is 0 Å². The first-order valence-electron chi connectivity index (χ1n) is 5.16. The van der Waals surface area contributed by atoms with E-state index in [1.807, 2.05) is 6.92 Å². The van der Waals surface area contributed by atoms with E-state index < -0.39 is 0 Å². The average Bonchev–Trinajstić information content (AvgIpc) is 2.49. The SMILES string of the molecule is Cc1nn(C)c(Cl)c1CN1C(=O)CCSC1=O. The molecule has 0 radical (unpaired) electrons. The van der Waals surface area contributed by atoms with Gasteiger partial charge >= 0.3 is 0 Å². The quantitative estimate of drug-likeness (QED) is 0.827. The highest BCUT2D eigenvalue weighted by molar-refractivity contribution is 8.13. The highest BCUT2D eigenvalue weighted by Gasteiger charge is 2.28. The lowest BCUT2D eigenvalue weighted by Crippen LogP contribution is -2.37. The molecule has 1 fully saturated rings. The molecule has 0 N–H and O–H groups in total. The standard InChI is InChI=1S/C10H12ClN3O2S/c1-6-7(9(11)13(2)12-6)5-14-8(15)3-4-17-10(14)16/h3-5H2,1-2H3. The van der Waals surface area contributed by atoms with Crippen molar-refractivity contribution in [1.29, 1.82) is 0 Å². The third kappa shape index (κ3) is 2.32. The molecule has 17 heavy (non-hydrogen) atoms. The van der Waals surface area contributed by atoms with Crippen LogP contribution in [-0.2, 0) is 18.4 Å². The van der Waals surface area contributed by atoms with Crippen LogP contribution in [-0.4, -0.2) is 31.6 Å². The van der Waals surface area contributed by atoms with Gasteiger partial charge in [-0.1, -0.05) is 23.4 Å². The molecule has 1 aromatic heterocycles. The molecule has 92 valence electrons. The zero-order valence-corrected chi connectivity index (χ0v) is 11.1. The monoisotopic (exact) mass is 273 g/mol. The van der Waals surface area contributed by atoms with Crippen LogP contribution in [0.3, 0.4) is 0 Å². The van der Waals surface area contributed by atoms with Gasteiger partial charge in [-0.2, -0.15) is 5.10 Å². The van der Waals surface area contributed by atoms with E-state index in [0.29, 0.717) is 17.3 Å². The van der Waals surface area contributed by atoms with E-state index >= 15 is 0 Å². The van der Waals surface area contributed by atoms with Crippen molar-refractivity contribution in [3.05, 3.63) is 16.4 Å². The molecule has 2 heterocycles. The van der Waals surface area contributed by atoms with Gasteiger partial charge in [-0.15, -0.1) is 0 Å². The van der Waals surface area contributed by atoms with Crippen molar-refractivity contribution < 1.29 is 9.59 Å². The van der Waals surface area contributed by atoms with Gasteiger partial charge in [0.25, 0.3) is 5.24 Å². The predicted molar refractivity (Wildman–Crippen MR) is 66.0 cm³/mol. The van der Waals surface area contributed by atoms with Gasteiger partial charge in [0.1, 0.15) is 5.15 Å². The molecule has 0 aliphatic carbocycles. The topological polar surface area (TPSA) is 55.2 Å². The summed E-state index contributed by atoms with van der Waals surface area (Å²) in [5.41, 5.74) is 1.48. The minimum atomic E-state index is -0.208. The molecule has 1 aliphatic heterocycles. The Labute approximate surface area is 108 Å². The zero-order valence-electron chi connectivity index (χ0n) is 9.57. The Morgan fingerprint density at radius 1 is 1.47 bits per heavy atom. The number of aromatic nitrogens is 2. The van der Waals surface area contributed by atoms with Crippen molar-refractivity contribution in [2.24, 2.45) is 7.05 Å². The Hall–Kier alpha value is -1.01. The second kappa shape index (κ2) is 4.70. The van der Waals surface area contributed by atoms with E-state index in [-0.39, 0.29) is 17.7 Å². The predicted octanol–water partition coefficient (Wildman–Crippen LogP) is 1.97. The number of rotatable bonds is 2. The van der Waals surface area contributed by atoms with Gasteiger partial charge in [0.2, 0.25) is 5.91 Å². The third-order valence-electron chi connectivity index (χ3n) is 2.65. The van der Waals surface area contributed by atoms with Gasteiger partial charge in [-0.05, 0) is 6.92 Å². The van der Waals surface area contributed by atoms with Crippen molar-refractivity contribution in [3.63, 3.8) is 0 Å². The molecule has 7 heteroatoms. The molecule has 2 amide bonds. The van der Waals surface area contributed by atoms with Gasteiger partial charge in [0, 0.05) is 24.8 Å². The number of imide groups is 1. The summed E-state index contributed by atoms with van der Waals surface area (Å²) in [6.45, 7) is 2.02. The maximum Gasteiger partial charge on any atom is 0.288 e. The van der Waals surface area contributed by atoms with Crippen molar-refractivity contribution in [2.75, 3.05) is 5.75 Å². The third-order valence-corrected chi connectivity index (χ3v) is 4.00. The lowest BCUT2D eigenvalue weighted by molar-refractivity contribution is -0.128. The van der Waals surface area contributed by atoms with E-state index in [2.05, 4.69) is 5.10 Å². The normalized spacial score (nSPS) is 16.8. The molecule has 1 aliphatic rings. The van der Waals surface area contributed by atoms with Gasteiger partial charge < -0.3 is 0 Å². The van der Waals surface area contributed by atoms with E-state index in [4.69, 9.17) is 11.6 Å². The highest BCUT2D eigenvalue weighted by Crippen LogP contribution is 2.25. The molecule has 0 aromatic carbocycles.